The van der Waals surface area contributed by atoms with Gasteiger partial charge in [0.15, 0.2) is 0 Å². The van der Waals surface area contributed by atoms with E-state index in [0.717, 1.165) is 56.6 Å². The summed E-state index contributed by atoms with van der Waals surface area (Å²) in [6.07, 6.45) is 4.94. The van der Waals surface area contributed by atoms with Gasteiger partial charge in [0.05, 0.1) is 16.4 Å². The summed E-state index contributed by atoms with van der Waals surface area (Å²) in [5.41, 5.74) is 2.81. The van der Waals surface area contributed by atoms with Gasteiger partial charge in [0, 0.05) is 55.9 Å². The van der Waals surface area contributed by atoms with Gasteiger partial charge in [-0.2, -0.15) is 0 Å². The number of hydrogen-bond donors (Lipinski definition) is 1. The topological polar surface area (TPSA) is 68.8 Å². The van der Waals surface area contributed by atoms with Crippen molar-refractivity contribution in [3.63, 3.8) is 0 Å². The van der Waals surface area contributed by atoms with Gasteiger partial charge in [-0.15, -0.1) is 0 Å². The highest BCUT2D eigenvalue weighted by atomic mass is 35.5. The van der Waals surface area contributed by atoms with Gasteiger partial charge in [-0.1, -0.05) is 18.5 Å². The molecule has 7 nitrogen and oxygen atoms in total. The van der Waals surface area contributed by atoms with Gasteiger partial charge in [-0.3, -0.25) is 14.5 Å². The molecular formula is C29H37ClFN5O2. The first-order valence-electron chi connectivity index (χ1n) is 13.8. The third-order valence-electron chi connectivity index (χ3n) is 8.25. The minimum atomic E-state index is -0.563. The molecule has 0 bridgehead atoms. The van der Waals surface area contributed by atoms with Crippen LogP contribution in [-0.2, 0) is 0 Å². The Bertz CT molecular complexity index is 1200. The van der Waals surface area contributed by atoms with Crippen LogP contribution in [0.25, 0.3) is 0 Å². The van der Waals surface area contributed by atoms with Crippen LogP contribution in [0.4, 0.5) is 10.1 Å². The lowest BCUT2D eigenvalue weighted by molar-refractivity contribution is 0.0435. The Balaban J connectivity index is 1.21. The molecule has 2 atom stereocenters. The number of nitrogens with one attached hydrogen (secondary N) is 1. The zero-order chi connectivity index (χ0) is 27.0. The van der Waals surface area contributed by atoms with Crippen molar-refractivity contribution in [2.75, 3.05) is 31.1 Å². The molecule has 2 aliphatic heterocycles. The van der Waals surface area contributed by atoms with Crippen LogP contribution in [0.2, 0.25) is 5.02 Å². The van der Waals surface area contributed by atoms with Gasteiger partial charge in [0.1, 0.15) is 11.5 Å². The number of piperazine rings is 1. The first kappa shape index (κ1) is 26.9. The predicted molar refractivity (Wildman–Crippen MR) is 147 cm³/mol. The van der Waals surface area contributed by atoms with Gasteiger partial charge < -0.3 is 15.1 Å². The molecule has 3 heterocycles. The van der Waals surface area contributed by atoms with Crippen LogP contribution in [0.3, 0.4) is 0 Å². The van der Waals surface area contributed by atoms with Gasteiger partial charge >= 0.3 is 0 Å². The van der Waals surface area contributed by atoms with Gasteiger partial charge in [-0.25, -0.2) is 9.37 Å². The molecule has 5 rings (SSSR count). The van der Waals surface area contributed by atoms with Crippen molar-refractivity contribution in [1.82, 2.24) is 20.1 Å². The normalized spacial score (nSPS) is 23.0. The number of likely N-dealkylation sites (tertiary alicyclic amines) is 1. The monoisotopic (exact) mass is 541 g/mol. The van der Waals surface area contributed by atoms with E-state index in [1.54, 1.807) is 6.07 Å². The number of carbonyl (C=O) groups is 2. The Morgan fingerprint density at radius 2 is 1.84 bits per heavy atom. The number of halogens is 2. The Kier molecular flexibility index (Phi) is 7.91. The molecule has 0 spiro atoms. The zero-order valence-corrected chi connectivity index (χ0v) is 23.2. The van der Waals surface area contributed by atoms with Crippen molar-refractivity contribution in [2.45, 2.75) is 77.0 Å². The second kappa shape index (κ2) is 11.2. The van der Waals surface area contributed by atoms with E-state index in [1.165, 1.54) is 12.1 Å². The molecule has 2 saturated heterocycles. The van der Waals surface area contributed by atoms with Gasteiger partial charge in [0.2, 0.25) is 0 Å². The molecule has 3 aliphatic rings. The average molecular weight is 542 g/mol. The molecule has 1 saturated carbocycles. The molecular weight excluding hydrogens is 505 g/mol. The highest BCUT2D eigenvalue weighted by Crippen LogP contribution is 2.31. The van der Waals surface area contributed by atoms with E-state index in [4.69, 9.17) is 11.6 Å². The number of benzene rings is 1. The van der Waals surface area contributed by atoms with Crippen LogP contribution in [0, 0.1) is 12.7 Å². The number of amides is 2. The Hall–Kier alpha value is -2.71. The highest BCUT2D eigenvalue weighted by Gasteiger charge is 2.37. The summed E-state index contributed by atoms with van der Waals surface area (Å²) in [5.74, 6) is -0.786. The van der Waals surface area contributed by atoms with Crippen molar-refractivity contribution in [3.05, 3.63) is 58.1 Å². The summed E-state index contributed by atoms with van der Waals surface area (Å²) in [5, 5.41) is 3.05. The van der Waals surface area contributed by atoms with Crippen LogP contribution in [0.1, 0.15) is 72.5 Å². The number of rotatable bonds is 6. The Morgan fingerprint density at radius 3 is 2.47 bits per heavy atom. The number of hydrogen-bond acceptors (Lipinski definition) is 5. The second-order valence-electron chi connectivity index (χ2n) is 11.0. The third kappa shape index (κ3) is 5.66. The first-order chi connectivity index (χ1) is 18.2. The fraction of sp³-hybridized carbons (Fsp3) is 0.552. The largest absolute Gasteiger partial charge is 0.365 e. The summed E-state index contributed by atoms with van der Waals surface area (Å²) in [6, 6.07) is 9.56. The molecule has 3 fully saturated rings. The maximum absolute atomic E-state index is 13.9. The third-order valence-corrected chi connectivity index (χ3v) is 8.56. The van der Waals surface area contributed by atoms with Crippen LogP contribution < -0.4 is 10.2 Å². The fourth-order valence-electron chi connectivity index (χ4n) is 5.89. The molecule has 9 heteroatoms. The van der Waals surface area contributed by atoms with Crippen LogP contribution in [0.15, 0.2) is 30.3 Å². The van der Waals surface area contributed by atoms with E-state index < -0.39 is 5.82 Å². The van der Waals surface area contributed by atoms with E-state index in [1.807, 2.05) is 24.0 Å². The predicted octanol–water partition coefficient (Wildman–Crippen LogP) is 4.67. The number of pyridine rings is 1. The summed E-state index contributed by atoms with van der Waals surface area (Å²) in [4.78, 5) is 36.9. The quantitative estimate of drug-likeness (QED) is 0.575. The zero-order valence-electron chi connectivity index (χ0n) is 22.4. The van der Waals surface area contributed by atoms with E-state index in [2.05, 4.69) is 33.9 Å². The summed E-state index contributed by atoms with van der Waals surface area (Å²) in [7, 11) is 0. The number of piperidine rings is 1. The lowest BCUT2D eigenvalue weighted by Crippen LogP contribution is -2.61. The average Bonchev–Trinajstić information content (AvgIpc) is 3.74. The molecule has 0 radical (unpaired) electrons. The molecule has 38 heavy (non-hydrogen) atoms. The minimum Gasteiger partial charge on any atom is -0.365 e. The SMILES string of the molecule is CC[C@H]1CN(c2ccc(C(=O)NC3CC3)nc2C)C(C)CN1C1CCN(C(=O)c2ccc(Cl)c(F)c2)CC1. The molecule has 1 N–H and O–H groups in total. The number of nitrogens with zero attached hydrogens (tertiary/aromatic N) is 4. The minimum absolute atomic E-state index is 0.0279. The fourth-order valence-corrected chi connectivity index (χ4v) is 6.01. The van der Waals surface area contributed by atoms with Crippen LogP contribution >= 0.6 is 11.6 Å². The van der Waals surface area contributed by atoms with Crippen molar-refractivity contribution in [2.24, 2.45) is 0 Å². The molecule has 1 aromatic carbocycles. The summed E-state index contributed by atoms with van der Waals surface area (Å²) in [6.45, 7) is 9.62. The molecule has 1 aliphatic carbocycles. The molecule has 1 aromatic heterocycles. The maximum atomic E-state index is 13.9. The van der Waals surface area contributed by atoms with Crippen molar-refractivity contribution in [3.8, 4) is 0 Å². The van der Waals surface area contributed by atoms with Crippen molar-refractivity contribution < 1.29 is 14.0 Å². The second-order valence-corrected chi connectivity index (χ2v) is 11.4. The maximum Gasteiger partial charge on any atom is 0.270 e. The van der Waals surface area contributed by atoms with E-state index in [9.17, 15) is 14.0 Å². The summed E-state index contributed by atoms with van der Waals surface area (Å²) >= 11 is 5.78. The molecule has 204 valence electrons. The van der Waals surface area contributed by atoms with Gasteiger partial charge in [-0.05, 0) is 76.3 Å². The van der Waals surface area contributed by atoms with E-state index in [0.29, 0.717) is 48.5 Å². The number of carbonyl (C=O) groups excluding carboxylic acids is 2. The smallest absolute Gasteiger partial charge is 0.270 e. The lowest BCUT2D eigenvalue weighted by Gasteiger charge is -2.51. The Labute approximate surface area is 229 Å². The number of anilines is 1. The first-order valence-corrected chi connectivity index (χ1v) is 14.2. The highest BCUT2D eigenvalue weighted by molar-refractivity contribution is 6.30. The number of aromatic nitrogens is 1. The van der Waals surface area contributed by atoms with E-state index >= 15 is 0 Å². The van der Waals surface area contributed by atoms with Crippen molar-refractivity contribution in [1.29, 1.82) is 0 Å². The number of aryl methyl sites for hydroxylation is 1. The van der Waals surface area contributed by atoms with Crippen LogP contribution in [-0.4, -0.2) is 76.9 Å². The Morgan fingerprint density at radius 1 is 1.11 bits per heavy atom. The molecule has 2 aromatic rings. The standard InChI is InChI=1S/C29H37ClFN5O2/c1-4-22-17-35(27-10-9-26(32-19(27)3)28(37)33-21-6-7-21)18(2)16-36(22)23-11-13-34(14-12-23)29(38)20-5-8-24(30)25(31)15-20/h5,8-10,15,18,21-23H,4,6-7,11-14,16-17H2,1-3H3,(H,33,37)/t18?,22-/m0/s1. The lowest BCUT2D eigenvalue weighted by atomic mass is 9.95. The molecule has 2 amide bonds. The van der Waals surface area contributed by atoms with Crippen molar-refractivity contribution >= 4 is 29.1 Å². The van der Waals surface area contributed by atoms with E-state index in [-0.39, 0.29) is 16.8 Å². The summed E-state index contributed by atoms with van der Waals surface area (Å²) < 4.78 is 13.9. The van der Waals surface area contributed by atoms with Crippen LogP contribution in [0.5, 0.6) is 0 Å². The molecule has 1 unspecified atom stereocenters. The van der Waals surface area contributed by atoms with Gasteiger partial charge in [0.25, 0.3) is 11.8 Å².